The van der Waals surface area contributed by atoms with Crippen molar-refractivity contribution in [1.29, 1.82) is 0 Å². The highest BCUT2D eigenvalue weighted by Crippen LogP contribution is 2.36. The zero-order valence-electron chi connectivity index (χ0n) is 16.5. The van der Waals surface area contributed by atoms with E-state index >= 15 is 0 Å². The van der Waals surface area contributed by atoms with Crippen molar-refractivity contribution in [3.8, 4) is 5.75 Å². The van der Waals surface area contributed by atoms with Crippen LogP contribution in [-0.4, -0.2) is 38.0 Å². The van der Waals surface area contributed by atoms with Crippen LogP contribution in [0.15, 0.2) is 29.9 Å². The van der Waals surface area contributed by atoms with E-state index in [-0.39, 0.29) is 11.4 Å². The SMILES string of the molecule is CC(C)(C)OC(=O)O/N=C(/c1cc2c(cc1Cl)CCC(C)(C)O2)n1cncn1. The fourth-order valence-corrected chi connectivity index (χ4v) is 2.99. The summed E-state index contributed by atoms with van der Waals surface area (Å²) in [5.41, 5.74) is 0.518. The van der Waals surface area contributed by atoms with Crippen molar-refractivity contribution >= 4 is 23.6 Å². The Hall–Kier alpha value is -2.61. The summed E-state index contributed by atoms with van der Waals surface area (Å²) >= 11 is 6.50. The van der Waals surface area contributed by atoms with Gasteiger partial charge in [-0.05, 0) is 65.2 Å². The Morgan fingerprint density at radius 3 is 2.75 bits per heavy atom. The first-order valence-corrected chi connectivity index (χ1v) is 9.27. The highest BCUT2D eigenvalue weighted by molar-refractivity contribution is 6.34. The molecule has 2 heterocycles. The topological polar surface area (TPSA) is 87.8 Å². The van der Waals surface area contributed by atoms with Gasteiger partial charge in [0.15, 0.2) is 0 Å². The van der Waals surface area contributed by atoms with Gasteiger partial charge in [-0.3, -0.25) is 4.84 Å². The zero-order valence-corrected chi connectivity index (χ0v) is 17.3. The fraction of sp³-hybridized carbons (Fsp3) is 0.474. The highest BCUT2D eigenvalue weighted by Gasteiger charge is 2.28. The number of carbonyl (C=O) groups excluding carboxylic acids is 1. The standard InChI is InChI=1S/C19H23ClN4O4/c1-18(2,3)27-17(25)28-23-16(24-11-21-10-22-24)13-9-15-12(8-14(13)20)6-7-19(4,5)26-15/h8-11H,6-7H2,1-5H3/b23-16-. The van der Waals surface area contributed by atoms with E-state index < -0.39 is 11.8 Å². The molecule has 2 aromatic rings. The van der Waals surface area contributed by atoms with E-state index in [1.807, 2.05) is 19.9 Å². The lowest BCUT2D eigenvalue weighted by Gasteiger charge is -2.33. The third-order valence-corrected chi connectivity index (χ3v) is 4.32. The molecule has 9 heteroatoms. The monoisotopic (exact) mass is 406 g/mol. The summed E-state index contributed by atoms with van der Waals surface area (Å²) in [4.78, 5) is 20.8. The summed E-state index contributed by atoms with van der Waals surface area (Å²) in [6, 6.07) is 3.61. The molecule has 0 N–H and O–H groups in total. The van der Waals surface area contributed by atoms with Gasteiger partial charge in [0, 0.05) is 5.56 Å². The van der Waals surface area contributed by atoms with Crippen molar-refractivity contribution in [2.24, 2.45) is 5.16 Å². The number of ether oxygens (including phenoxy) is 2. The van der Waals surface area contributed by atoms with Crippen molar-refractivity contribution in [2.75, 3.05) is 0 Å². The van der Waals surface area contributed by atoms with Crippen LogP contribution in [0.25, 0.3) is 0 Å². The predicted octanol–water partition coefficient (Wildman–Crippen LogP) is 4.20. The molecule has 3 rings (SSSR count). The van der Waals surface area contributed by atoms with Gasteiger partial charge in [0.1, 0.15) is 29.6 Å². The Bertz CT molecular complexity index is 901. The minimum atomic E-state index is -0.934. The van der Waals surface area contributed by atoms with Crippen molar-refractivity contribution in [1.82, 2.24) is 14.8 Å². The molecule has 1 aromatic carbocycles. The second-order valence-electron chi connectivity index (χ2n) is 8.11. The molecule has 1 aliphatic rings. The van der Waals surface area contributed by atoms with Gasteiger partial charge in [0.05, 0.1) is 5.02 Å². The number of hydrogen-bond donors (Lipinski definition) is 0. The van der Waals surface area contributed by atoms with Crippen LogP contribution in [0.2, 0.25) is 5.02 Å². The maximum absolute atomic E-state index is 11.9. The Balaban J connectivity index is 1.98. The van der Waals surface area contributed by atoms with Gasteiger partial charge in [0.2, 0.25) is 5.84 Å². The van der Waals surface area contributed by atoms with E-state index in [0.717, 1.165) is 18.4 Å². The second-order valence-corrected chi connectivity index (χ2v) is 8.52. The van der Waals surface area contributed by atoms with Crippen LogP contribution in [-0.2, 0) is 16.0 Å². The van der Waals surface area contributed by atoms with Gasteiger partial charge in [-0.25, -0.2) is 9.78 Å². The second kappa shape index (κ2) is 7.43. The van der Waals surface area contributed by atoms with Gasteiger partial charge in [0.25, 0.3) is 0 Å². The molecule has 0 aliphatic carbocycles. The molecule has 28 heavy (non-hydrogen) atoms. The number of rotatable bonds is 2. The Morgan fingerprint density at radius 1 is 1.36 bits per heavy atom. The van der Waals surface area contributed by atoms with Gasteiger partial charge in [-0.2, -0.15) is 9.78 Å². The largest absolute Gasteiger partial charge is 0.535 e. The molecule has 0 atom stereocenters. The summed E-state index contributed by atoms with van der Waals surface area (Å²) in [6.45, 7) is 9.26. The van der Waals surface area contributed by atoms with Gasteiger partial charge in [-0.1, -0.05) is 16.8 Å². The summed E-state index contributed by atoms with van der Waals surface area (Å²) in [5, 5.41) is 8.43. The molecular formula is C19H23ClN4O4. The third-order valence-electron chi connectivity index (χ3n) is 4.01. The number of oxime groups is 1. The molecule has 0 bridgehead atoms. The van der Waals surface area contributed by atoms with Crippen molar-refractivity contribution in [2.45, 2.75) is 58.7 Å². The van der Waals surface area contributed by atoms with E-state index in [4.69, 9.17) is 25.9 Å². The maximum atomic E-state index is 11.9. The lowest BCUT2D eigenvalue weighted by Crippen LogP contribution is -2.32. The van der Waals surface area contributed by atoms with E-state index in [1.54, 1.807) is 26.8 Å². The Kier molecular flexibility index (Phi) is 5.34. The molecule has 0 saturated heterocycles. The lowest BCUT2D eigenvalue weighted by atomic mass is 9.93. The fourth-order valence-electron chi connectivity index (χ4n) is 2.72. The number of aryl methyl sites for hydroxylation is 1. The van der Waals surface area contributed by atoms with Crippen LogP contribution in [0.5, 0.6) is 5.75 Å². The van der Waals surface area contributed by atoms with Gasteiger partial charge in [-0.15, -0.1) is 0 Å². The molecule has 1 aromatic heterocycles. The molecule has 1 aliphatic heterocycles. The molecule has 8 nitrogen and oxygen atoms in total. The summed E-state index contributed by atoms with van der Waals surface area (Å²) in [5.74, 6) is 0.892. The maximum Gasteiger partial charge on any atom is 0.535 e. The molecule has 0 saturated carbocycles. The normalized spacial score (nSPS) is 16.1. The molecule has 0 amide bonds. The van der Waals surface area contributed by atoms with Crippen LogP contribution < -0.4 is 4.74 Å². The van der Waals surface area contributed by atoms with Crippen molar-refractivity contribution in [3.05, 3.63) is 40.9 Å². The van der Waals surface area contributed by atoms with Gasteiger partial charge >= 0.3 is 6.16 Å². The summed E-state index contributed by atoms with van der Waals surface area (Å²) in [7, 11) is 0. The summed E-state index contributed by atoms with van der Waals surface area (Å²) in [6.07, 6.45) is 3.58. The molecule has 0 spiro atoms. The number of carbonyl (C=O) groups is 1. The molecular weight excluding hydrogens is 384 g/mol. The molecule has 0 radical (unpaired) electrons. The van der Waals surface area contributed by atoms with E-state index in [0.29, 0.717) is 16.3 Å². The predicted molar refractivity (Wildman–Crippen MR) is 104 cm³/mol. The van der Waals surface area contributed by atoms with Gasteiger partial charge < -0.3 is 9.47 Å². The highest BCUT2D eigenvalue weighted by atomic mass is 35.5. The van der Waals surface area contributed by atoms with Crippen LogP contribution in [0.1, 0.15) is 52.2 Å². The zero-order chi connectivity index (χ0) is 20.5. The smallest absolute Gasteiger partial charge is 0.488 e. The number of nitrogens with zero attached hydrogens (tertiary/aromatic N) is 4. The van der Waals surface area contributed by atoms with Crippen LogP contribution in [0.4, 0.5) is 4.79 Å². The van der Waals surface area contributed by atoms with E-state index in [1.165, 1.54) is 17.3 Å². The number of aromatic nitrogens is 3. The lowest BCUT2D eigenvalue weighted by molar-refractivity contribution is -0.00635. The van der Waals surface area contributed by atoms with E-state index in [9.17, 15) is 4.79 Å². The Morgan fingerprint density at radius 2 is 2.11 bits per heavy atom. The van der Waals surface area contributed by atoms with Crippen LogP contribution in [0, 0.1) is 0 Å². The summed E-state index contributed by atoms with van der Waals surface area (Å²) < 4.78 is 12.6. The van der Waals surface area contributed by atoms with Crippen molar-refractivity contribution < 1.29 is 19.1 Å². The number of hydrogen-bond acceptors (Lipinski definition) is 7. The minimum Gasteiger partial charge on any atom is -0.488 e. The quantitative estimate of drug-likeness (QED) is 0.244. The molecule has 0 fully saturated rings. The molecule has 150 valence electrons. The first-order chi connectivity index (χ1) is 13.0. The van der Waals surface area contributed by atoms with E-state index in [2.05, 4.69) is 15.2 Å². The molecule has 0 unspecified atom stereocenters. The average Bonchev–Trinajstić information content (AvgIpc) is 3.08. The minimum absolute atomic E-state index is 0.183. The first-order valence-electron chi connectivity index (χ1n) is 8.89. The number of halogens is 1. The third kappa shape index (κ3) is 4.81. The average molecular weight is 407 g/mol. The van der Waals surface area contributed by atoms with Crippen LogP contribution in [0.3, 0.4) is 0 Å². The number of benzene rings is 1. The number of fused-ring (bicyclic) bond motifs is 1. The first kappa shape index (κ1) is 20.1. The van der Waals surface area contributed by atoms with Crippen molar-refractivity contribution in [3.63, 3.8) is 0 Å². The van der Waals surface area contributed by atoms with Crippen LogP contribution >= 0.6 is 11.6 Å². The Labute approximate surface area is 168 Å².